The zero-order valence-electron chi connectivity index (χ0n) is 28.2. The Labute approximate surface area is 322 Å². The predicted octanol–water partition coefficient (Wildman–Crippen LogP) is 7.13. The second kappa shape index (κ2) is 21.8. The Morgan fingerprint density at radius 3 is 0.462 bits per heavy atom. The Morgan fingerprint density at radius 1 is 0.231 bits per heavy atom. The van der Waals surface area contributed by atoms with Crippen molar-refractivity contribution in [3.05, 3.63) is 235 Å². The van der Waals surface area contributed by atoms with Crippen molar-refractivity contribution in [1.29, 1.82) is 0 Å². The molecule has 0 radical (unpaired) electrons. The molecule has 0 heterocycles. The van der Waals surface area contributed by atoms with Crippen molar-refractivity contribution in [2.75, 3.05) is 0 Å². The molecular formula is C45H39HfO6+3. The fraction of sp³-hybridized carbons (Fsp3) is 0. The summed E-state index contributed by atoms with van der Waals surface area (Å²) in [4.78, 5) is 59.0. The van der Waals surface area contributed by atoms with Crippen molar-refractivity contribution >= 4 is 34.7 Å². The summed E-state index contributed by atoms with van der Waals surface area (Å²) in [7, 11) is 0. The van der Waals surface area contributed by atoms with Gasteiger partial charge in [0.1, 0.15) is 0 Å². The second-order valence-electron chi connectivity index (χ2n) is 10.9. The number of hydrogen-bond donors (Lipinski definition) is 0. The van der Waals surface area contributed by atoms with E-state index in [0.29, 0.717) is 33.4 Å². The van der Waals surface area contributed by atoms with E-state index in [1.54, 1.807) is 72.8 Å². The maximum Gasteiger partial charge on any atom is 0.255 e. The van der Waals surface area contributed by atoms with Gasteiger partial charge in [-0.3, -0.25) is 0 Å². The molecule has 0 saturated heterocycles. The van der Waals surface area contributed by atoms with Crippen LogP contribution in [0.15, 0.2) is 182 Å². The molecule has 6 nitrogen and oxygen atoms in total. The fourth-order valence-corrected chi connectivity index (χ4v) is 4.54. The number of rotatable bonds is 12. The Balaban J connectivity index is 0.000000208. The molecule has 0 fully saturated rings. The predicted molar refractivity (Wildman–Crippen MR) is 208 cm³/mol. The van der Waals surface area contributed by atoms with E-state index in [9.17, 15) is 28.8 Å². The molecule has 0 aromatic heterocycles. The van der Waals surface area contributed by atoms with Gasteiger partial charge in [0.05, 0.1) is 0 Å². The third-order valence-electron chi connectivity index (χ3n) is 7.24. The summed E-state index contributed by atoms with van der Waals surface area (Å²) >= 11 is 0. The van der Waals surface area contributed by atoms with E-state index in [2.05, 4.69) is 0 Å². The molecule has 0 atom stereocenters. The maximum absolute atomic E-state index is 9.83. The van der Waals surface area contributed by atoms with Crippen molar-refractivity contribution in [2.45, 2.75) is 0 Å². The summed E-state index contributed by atoms with van der Waals surface area (Å²) in [5.74, 6) is 0.289. The van der Waals surface area contributed by atoms with Gasteiger partial charge in [0.15, 0.2) is 0 Å². The Kier molecular flexibility index (Phi) is 16.9. The first kappa shape index (κ1) is 40.3. The van der Waals surface area contributed by atoms with Crippen molar-refractivity contribution < 1.29 is 54.6 Å². The van der Waals surface area contributed by atoms with E-state index < -0.39 is 0 Å². The first-order valence-corrected chi connectivity index (χ1v) is 16.0. The van der Waals surface area contributed by atoms with Gasteiger partial charge in [-0.15, -0.1) is 72.8 Å². The minimum atomic E-state index is 0. The second-order valence-corrected chi connectivity index (χ2v) is 10.9. The Bertz CT molecular complexity index is 1640. The molecule has 0 aliphatic rings. The number of benzene rings is 6. The van der Waals surface area contributed by atoms with E-state index >= 15 is 0 Å². The van der Waals surface area contributed by atoms with Crippen LogP contribution >= 0.6 is 0 Å². The molecule has 256 valence electrons. The fourth-order valence-electron chi connectivity index (χ4n) is 4.54. The number of ketones is 6. The molecule has 6 rings (SSSR count). The summed E-state index contributed by atoms with van der Waals surface area (Å²) in [6.45, 7) is 0. The van der Waals surface area contributed by atoms with Gasteiger partial charge in [-0.05, 0) is 33.4 Å². The number of hydrogen-bond acceptors (Lipinski definition) is 0. The van der Waals surface area contributed by atoms with E-state index in [1.165, 1.54) is 19.3 Å². The van der Waals surface area contributed by atoms with Crippen LogP contribution in [0.25, 0.3) is 0 Å². The van der Waals surface area contributed by atoms with E-state index in [4.69, 9.17) is 0 Å². The SMILES string of the molecule is [Hf].[OH+]=C([CH-]C(=[OH+])c1ccccc1)c1ccccc1.[OH+]=C([CH-]C(=[OH+])c1ccccc1)c1ccccc1.[OH+]=C([CH-]C(=[OH+])c1ccccc1)c1ccccc1. The van der Waals surface area contributed by atoms with Crippen LogP contribution in [0, 0.1) is 19.3 Å². The maximum atomic E-state index is 9.83. The van der Waals surface area contributed by atoms with Gasteiger partial charge in [-0.1, -0.05) is 109 Å². The molecule has 6 aromatic rings. The Morgan fingerprint density at radius 2 is 0.346 bits per heavy atom. The summed E-state index contributed by atoms with van der Waals surface area (Å²) in [5, 5.41) is 0. The molecule has 0 amide bonds. The van der Waals surface area contributed by atoms with Crippen molar-refractivity contribution in [3.8, 4) is 0 Å². The zero-order valence-corrected chi connectivity index (χ0v) is 31.8. The van der Waals surface area contributed by atoms with Crippen LogP contribution in [-0.4, -0.2) is 63.5 Å². The minimum Gasteiger partial charge on any atom is -0.300 e. The Hall–Kier alpha value is -6.18. The van der Waals surface area contributed by atoms with Gasteiger partial charge >= 0.3 is 0 Å². The van der Waals surface area contributed by atoms with E-state index in [-0.39, 0.29) is 60.5 Å². The van der Waals surface area contributed by atoms with Gasteiger partial charge < -0.3 is 28.8 Å². The molecule has 0 saturated carbocycles. The van der Waals surface area contributed by atoms with Crippen LogP contribution in [0.2, 0.25) is 0 Å². The average molecular weight is 854 g/mol. The zero-order chi connectivity index (χ0) is 36.3. The monoisotopic (exact) mass is 855 g/mol. The van der Waals surface area contributed by atoms with Crippen LogP contribution in [0.4, 0.5) is 0 Å². The third kappa shape index (κ3) is 13.3. The van der Waals surface area contributed by atoms with Crippen molar-refractivity contribution in [1.82, 2.24) is 0 Å². The topological polar surface area (TPSA) is 128 Å². The molecule has 0 bridgehead atoms. The molecule has 52 heavy (non-hydrogen) atoms. The first-order chi connectivity index (χ1) is 24.8. The van der Waals surface area contributed by atoms with Crippen LogP contribution in [-0.2, 0) is 25.8 Å². The van der Waals surface area contributed by atoms with Crippen LogP contribution in [0.1, 0.15) is 33.4 Å². The largest absolute Gasteiger partial charge is 0.300 e. The third-order valence-corrected chi connectivity index (χ3v) is 7.24. The summed E-state index contributed by atoms with van der Waals surface area (Å²) in [6.07, 6.45) is 4.06. The normalized spacial score (nSPS) is 9.46. The molecular weight excluding hydrogens is 815 g/mol. The standard InChI is InChI=1S/3C15H11O2.Hf/c3*16-14(12-7-3-1-4-8-12)11-15(17)13-9-5-2-6-10-13;/h3*1-11H;/q3*-1;/p+6. The smallest absolute Gasteiger partial charge is 0.255 e. The molecule has 0 unspecified atom stereocenters. The van der Waals surface area contributed by atoms with Crippen LogP contribution in [0.5, 0.6) is 0 Å². The van der Waals surface area contributed by atoms with Gasteiger partial charge in [0.2, 0.25) is 0 Å². The molecule has 0 aliphatic heterocycles. The minimum absolute atomic E-state index is 0. The average Bonchev–Trinajstić information content (AvgIpc) is 3.20. The quantitative estimate of drug-likeness (QED) is 0.0409. The van der Waals surface area contributed by atoms with E-state index in [1.807, 2.05) is 109 Å². The van der Waals surface area contributed by atoms with Gasteiger partial charge in [-0.2, -0.15) is 0 Å². The molecule has 6 aromatic carbocycles. The summed E-state index contributed by atoms with van der Waals surface area (Å²) in [5.41, 5.74) is 4.06. The first-order valence-electron chi connectivity index (χ1n) is 16.0. The van der Waals surface area contributed by atoms with Crippen LogP contribution < -0.4 is 0 Å². The molecule has 0 aliphatic carbocycles. The van der Waals surface area contributed by atoms with Gasteiger partial charge in [0, 0.05) is 45.1 Å². The van der Waals surface area contributed by atoms with Gasteiger partial charge in [0.25, 0.3) is 34.7 Å². The molecule has 0 spiro atoms. The van der Waals surface area contributed by atoms with Crippen molar-refractivity contribution in [2.24, 2.45) is 0 Å². The van der Waals surface area contributed by atoms with Gasteiger partial charge in [-0.25, -0.2) is 0 Å². The van der Waals surface area contributed by atoms with Crippen LogP contribution in [0.3, 0.4) is 0 Å². The molecule has 6 N–H and O–H groups in total. The summed E-state index contributed by atoms with van der Waals surface area (Å²) in [6, 6.07) is 54.6. The summed E-state index contributed by atoms with van der Waals surface area (Å²) < 4.78 is 0. The van der Waals surface area contributed by atoms with Crippen molar-refractivity contribution in [3.63, 3.8) is 0 Å². The number of carbonyl (C=O) groups excluding carboxylic acids is 6. The van der Waals surface area contributed by atoms with E-state index in [0.717, 1.165) is 0 Å². The molecule has 7 heteroatoms.